The predicted octanol–water partition coefficient (Wildman–Crippen LogP) is 3.91. The van der Waals surface area contributed by atoms with Crippen molar-refractivity contribution in [3.63, 3.8) is 0 Å². The van der Waals surface area contributed by atoms with Crippen LogP contribution in [0, 0.1) is 6.92 Å². The van der Waals surface area contributed by atoms with E-state index in [9.17, 15) is 9.50 Å². The third-order valence-corrected chi connectivity index (χ3v) is 6.01. The number of aromatic nitrogens is 2. The maximum absolute atomic E-state index is 14.7. The number of aliphatic hydroxyl groups is 1. The van der Waals surface area contributed by atoms with Gasteiger partial charge >= 0.3 is 0 Å². The molecule has 1 fully saturated rings. The summed E-state index contributed by atoms with van der Waals surface area (Å²) in [7, 11) is 0. The van der Waals surface area contributed by atoms with Crippen molar-refractivity contribution in [3.05, 3.63) is 39.6 Å². The van der Waals surface area contributed by atoms with Crippen LogP contribution in [0.5, 0.6) is 0 Å². The molecule has 3 N–H and O–H groups in total. The van der Waals surface area contributed by atoms with Gasteiger partial charge in [-0.3, -0.25) is 0 Å². The molecular weight excluding hydrogens is 390 g/mol. The number of halogens is 3. The van der Waals surface area contributed by atoms with Crippen molar-refractivity contribution in [2.24, 2.45) is 5.73 Å². The van der Waals surface area contributed by atoms with Gasteiger partial charge in [-0.1, -0.05) is 35.3 Å². The summed E-state index contributed by atoms with van der Waals surface area (Å²) >= 11 is 12.4. The zero-order chi connectivity index (χ0) is 19.8. The van der Waals surface area contributed by atoms with Gasteiger partial charge in [-0.25, -0.2) is 14.4 Å². The van der Waals surface area contributed by atoms with E-state index in [1.807, 2.05) is 17.9 Å². The molecule has 1 unspecified atom stereocenters. The van der Waals surface area contributed by atoms with Gasteiger partial charge in [-0.05, 0) is 19.9 Å². The van der Waals surface area contributed by atoms with E-state index < -0.39 is 11.7 Å². The standard InChI is InChI=1S/C19H23Cl2FN4O/c1-11-17(13-4-3-5-14(20)16(13)21)25-15(10-27)18(24-11)26-8-6-19(22,7-9-26)12(2)23/h3-5,12,27H,6-10,23H2,1-2H3. The Kier molecular flexibility index (Phi) is 5.91. The number of hydrogen-bond donors (Lipinski definition) is 2. The molecule has 0 saturated carbocycles. The Labute approximate surface area is 168 Å². The number of nitrogens with two attached hydrogens (primary N) is 1. The molecule has 0 bridgehead atoms. The number of anilines is 1. The van der Waals surface area contributed by atoms with Crippen molar-refractivity contribution in [1.82, 2.24) is 9.97 Å². The Balaban J connectivity index is 1.95. The van der Waals surface area contributed by atoms with Gasteiger partial charge in [-0.2, -0.15) is 0 Å². The van der Waals surface area contributed by atoms with Crippen LogP contribution in [0.25, 0.3) is 11.3 Å². The van der Waals surface area contributed by atoms with E-state index in [1.165, 1.54) is 0 Å². The van der Waals surface area contributed by atoms with E-state index in [0.29, 0.717) is 64.4 Å². The molecule has 1 saturated heterocycles. The second-order valence-corrected chi connectivity index (χ2v) is 7.78. The molecule has 0 amide bonds. The first-order valence-electron chi connectivity index (χ1n) is 8.89. The molecule has 0 spiro atoms. The summed E-state index contributed by atoms with van der Waals surface area (Å²) in [5.74, 6) is 0.573. The van der Waals surface area contributed by atoms with Crippen LogP contribution in [0.3, 0.4) is 0 Å². The smallest absolute Gasteiger partial charge is 0.153 e. The number of rotatable bonds is 4. The van der Waals surface area contributed by atoms with Crippen LogP contribution in [0.1, 0.15) is 31.2 Å². The molecule has 8 heteroatoms. The van der Waals surface area contributed by atoms with Gasteiger partial charge in [0.25, 0.3) is 0 Å². The summed E-state index contributed by atoms with van der Waals surface area (Å²) in [6, 6.07) is 4.79. The first kappa shape index (κ1) is 20.3. The first-order valence-corrected chi connectivity index (χ1v) is 9.64. The lowest BCUT2D eigenvalue weighted by Gasteiger charge is -2.39. The normalized spacial score (nSPS) is 17.8. The van der Waals surface area contributed by atoms with Crippen molar-refractivity contribution >= 4 is 29.0 Å². The molecule has 1 aliphatic rings. The molecule has 2 heterocycles. The quantitative estimate of drug-likeness (QED) is 0.795. The Morgan fingerprint density at radius 1 is 1.30 bits per heavy atom. The second-order valence-electron chi connectivity index (χ2n) is 7.00. The molecule has 27 heavy (non-hydrogen) atoms. The number of aryl methyl sites for hydroxylation is 1. The van der Waals surface area contributed by atoms with Gasteiger partial charge in [-0.15, -0.1) is 0 Å². The Bertz CT molecular complexity index is 839. The molecule has 2 aromatic rings. The zero-order valence-corrected chi connectivity index (χ0v) is 16.9. The zero-order valence-electron chi connectivity index (χ0n) is 15.3. The van der Waals surface area contributed by atoms with E-state index in [4.69, 9.17) is 28.9 Å². The van der Waals surface area contributed by atoms with Crippen molar-refractivity contribution in [2.45, 2.75) is 45.0 Å². The lowest BCUT2D eigenvalue weighted by Crippen LogP contribution is -2.51. The average Bonchev–Trinajstić information content (AvgIpc) is 2.64. The highest BCUT2D eigenvalue weighted by atomic mass is 35.5. The molecule has 0 radical (unpaired) electrons. The molecule has 3 rings (SSSR count). The van der Waals surface area contributed by atoms with Crippen molar-refractivity contribution in [1.29, 1.82) is 0 Å². The highest BCUT2D eigenvalue weighted by molar-refractivity contribution is 6.43. The highest BCUT2D eigenvalue weighted by Crippen LogP contribution is 2.36. The van der Waals surface area contributed by atoms with E-state index in [-0.39, 0.29) is 6.61 Å². The van der Waals surface area contributed by atoms with E-state index in [1.54, 1.807) is 19.1 Å². The third kappa shape index (κ3) is 3.90. The number of alkyl halides is 1. The van der Waals surface area contributed by atoms with Crippen molar-refractivity contribution < 1.29 is 9.50 Å². The molecular formula is C19H23Cl2FN4O. The van der Waals surface area contributed by atoms with Crippen LogP contribution in [-0.2, 0) is 6.61 Å². The third-order valence-electron chi connectivity index (χ3n) is 5.19. The molecule has 146 valence electrons. The lowest BCUT2D eigenvalue weighted by atomic mass is 9.87. The van der Waals surface area contributed by atoms with Gasteiger partial charge in [0.05, 0.1) is 28.0 Å². The Morgan fingerprint density at radius 3 is 2.56 bits per heavy atom. The fourth-order valence-electron chi connectivity index (χ4n) is 3.39. The molecule has 0 aliphatic carbocycles. The monoisotopic (exact) mass is 412 g/mol. The summed E-state index contributed by atoms with van der Waals surface area (Å²) in [5.41, 5.74) is 6.75. The summed E-state index contributed by atoms with van der Waals surface area (Å²) in [4.78, 5) is 11.2. The fraction of sp³-hybridized carbons (Fsp3) is 0.474. The maximum Gasteiger partial charge on any atom is 0.153 e. The number of aliphatic hydroxyl groups excluding tert-OH is 1. The van der Waals surface area contributed by atoms with Crippen molar-refractivity contribution in [2.75, 3.05) is 18.0 Å². The van der Waals surface area contributed by atoms with E-state index in [2.05, 4.69) is 9.97 Å². The van der Waals surface area contributed by atoms with Gasteiger partial charge in [0.1, 0.15) is 11.4 Å². The van der Waals surface area contributed by atoms with E-state index in [0.717, 1.165) is 0 Å². The topological polar surface area (TPSA) is 75.3 Å². The SMILES string of the molecule is Cc1nc(N2CCC(F)(C(C)N)CC2)c(CO)nc1-c1cccc(Cl)c1Cl. The first-order chi connectivity index (χ1) is 12.8. The summed E-state index contributed by atoms with van der Waals surface area (Å²) in [6.45, 7) is 4.18. The minimum absolute atomic E-state index is 0.279. The molecule has 1 aromatic heterocycles. The molecule has 5 nitrogen and oxygen atoms in total. The van der Waals surface area contributed by atoms with Gasteiger partial charge < -0.3 is 15.7 Å². The van der Waals surface area contributed by atoms with Gasteiger partial charge in [0.15, 0.2) is 5.82 Å². The highest BCUT2D eigenvalue weighted by Gasteiger charge is 2.38. The van der Waals surface area contributed by atoms with Gasteiger partial charge in [0.2, 0.25) is 0 Å². The summed E-state index contributed by atoms with van der Waals surface area (Å²) in [5, 5.41) is 10.7. The van der Waals surface area contributed by atoms with Crippen LogP contribution >= 0.6 is 23.2 Å². The van der Waals surface area contributed by atoms with Gasteiger partial charge in [0, 0.05) is 37.5 Å². The predicted molar refractivity (Wildman–Crippen MR) is 107 cm³/mol. The number of nitrogens with zero attached hydrogens (tertiary/aromatic N) is 3. The second kappa shape index (κ2) is 7.87. The molecule has 1 aromatic carbocycles. The van der Waals surface area contributed by atoms with E-state index >= 15 is 0 Å². The number of benzene rings is 1. The summed E-state index contributed by atoms with van der Waals surface area (Å²) < 4.78 is 14.7. The molecule has 1 aliphatic heterocycles. The minimum atomic E-state index is -1.37. The average molecular weight is 413 g/mol. The van der Waals surface area contributed by atoms with Crippen LogP contribution < -0.4 is 10.6 Å². The lowest BCUT2D eigenvalue weighted by molar-refractivity contribution is 0.0982. The Morgan fingerprint density at radius 2 is 1.96 bits per heavy atom. The Hall–Kier alpha value is -1.47. The minimum Gasteiger partial charge on any atom is -0.390 e. The van der Waals surface area contributed by atoms with Crippen LogP contribution in [-0.4, -0.2) is 39.9 Å². The maximum atomic E-state index is 14.7. The number of piperidine rings is 1. The van der Waals surface area contributed by atoms with Crippen LogP contribution in [0.15, 0.2) is 18.2 Å². The largest absolute Gasteiger partial charge is 0.390 e. The number of hydrogen-bond acceptors (Lipinski definition) is 5. The molecule has 1 atom stereocenters. The van der Waals surface area contributed by atoms with Crippen LogP contribution in [0.2, 0.25) is 10.0 Å². The van der Waals surface area contributed by atoms with Crippen LogP contribution in [0.4, 0.5) is 10.2 Å². The van der Waals surface area contributed by atoms with Crippen molar-refractivity contribution in [3.8, 4) is 11.3 Å². The summed E-state index contributed by atoms with van der Waals surface area (Å²) in [6.07, 6.45) is 0.635. The fourth-order valence-corrected chi connectivity index (χ4v) is 3.78.